The van der Waals surface area contributed by atoms with E-state index in [2.05, 4.69) is 31.0 Å². The molecule has 0 saturated carbocycles. The average Bonchev–Trinajstić information content (AvgIpc) is 2.57. The lowest BCUT2D eigenvalue weighted by molar-refractivity contribution is -0.145. The Balaban J connectivity index is 2.71. The number of rotatable bonds is 5. The Kier molecular flexibility index (Phi) is 4.20. The summed E-state index contributed by atoms with van der Waals surface area (Å²) in [6.45, 7) is 9.45. The van der Waals surface area contributed by atoms with Crippen molar-refractivity contribution in [1.82, 2.24) is 10.2 Å². The fourth-order valence-corrected chi connectivity index (χ4v) is 2.94. The molecule has 0 aromatic heterocycles. The fourth-order valence-electron chi connectivity index (χ4n) is 2.94. The van der Waals surface area contributed by atoms with E-state index < -0.39 is 11.5 Å². The summed E-state index contributed by atoms with van der Waals surface area (Å²) in [5, 5.41) is 12.2. The molecule has 17 heavy (non-hydrogen) atoms. The molecule has 1 heterocycles. The SMILES string of the molecule is CNC(C)(CC(C)N1CCCC1(C)C)C(=O)O. The summed E-state index contributed by atoms with van der Waals surface area (Å²) in [6.07, 6.45) is 3.03. The van der Waals surface area contributed by atoms with Crippen LogP contribution in [0.25, 0.3) is 0 Å². The number of hydrogen-bond donors (Lipinski definition) is 2. The molecule has 0 amide bonds. The minimum Gasteiger partial charge on any atom is -0.480 e. The van der Waals surface area contributed by atoms with Gasteiger partial charge in [-0.3, -0.25) is 9.69 Å². The summed E-state index contributed by atoms with van der Waals surface area (Å²) < 4.78 is 0. The minimum absolute atomic E-state index is 0.201. The second kappa shape index (κ2) is 4.94. The van der Waals surface area contributed by atoms with E-state index in [0.29, 0.717) is 6.42 Å². The predicted molar refractivity (Wildman–Crippen MR) is 69.2 cm³/mol. The summed E-state index contributed by atoms with van der Waals surface area (Å²) in [5.41, 5.74) is -0.634. The zero-order chi connectivity index (χ0) is 13.3. The average molecular weight is 242 g/mol. The molecular formula is C13H26N2O2. The third kappa shape index (κ3) is 2.99. The van der Waals surface area contributed by atoms with E-state index in [-0.39, 0.29) is 11.6 Å². The van der Waals surface area contributed by atoms with Crippen LogP contribution in [-0.2, 0) is 4.79 Å². The van der Waals surface area contributed by atoms with Gasteiger partial charge in [-0.05, 0) is 60.5 Å². The number of carbonyl (C=O) groups is 1. The van der Waals surface area contributed by atoms with Crippen LogP contribution in [-0.4, -0.2) is 46.7 Å². The molecule has 0 aromatic carbocycles. The second-order valence-electron chi connectivity index (χ2n) is 6.05. The van der Waals surface area contributed by atoms with Crippen LogP contribution in [0.4, 0.5) is 0 Å². The van der Waals surface area contributed by atoms with E-state index in [1.54, 1.807) is 14.0 Å². The lowest BCUT2D eigenvalue weighted by atomic mass is 9.91. The lowest BCUT2D eigenvalue weighted by Gasteiger charge is -2.39. The summed E-state index contributed by atoms with van der Waals surface area (Å²) in [4.78, 5) is 13.7. The Labute approximate surface area is 104 Å². The minimum atomic E-state index is -0.835. The van der Waals surface area contributed by atoms with Crippen LogP contribution in [0.1, 0.15) is 47.0 Å². The van der Waals surface area contributed by atoms with Crippen molar-refractivity contribution in [3.05, 3.63) is 0 Å². The van der Waals surface area contributed by atoms with Crippen LogP contribution in [0, 0.1) is 0 Å². The molecule has 100 valence electrons. The second-order valence-corrected chi connectivity index (χ2v) is 6.05. The number of carboxylic acid groups (broad SMARTS) is 1. The van der Waals surface area contributed by atoms with Crippen LogP contribution in [0.5, 0.6) is 0 Å². The lowest BCUT2D eigenvalue weighted by Crippen LogP contribution is -2.54. The smallest absolute Gasteiger partial charge is 0.323 e. The van der Waals surface area contributed by atoms with Crippen molar-refractivity contribution < 1.29 is 9.90 Å². The highest BCUT2D eigenvalue weighted by Crippen LogP contribution is 2.32. The van der Waals surface area contributed by atoms with Crippen LogP contribution in [0.15, 0.2) is 0 Å². The molecule has 4 heteroatoms. The molecule has 0 radical (unpaired) electrons. The molecule has 2 atom stereocenters. The summed E-state index contributed by atoms with van der Waals surface area (Å²) >= 11 is 0. The van der Waals surface area contributed by atoms with Gasteiger partial charge in [0.15, 0.2) is 0 Å². The Morgan fingerprint density at radius 3 is 2.53 bits per heavy atom. The highest BCUT2D eigenvalue weighted by atomic mass is 16.4. The van der Waals surface area contributed by atoms with Crippen LogP contribution >= 0.6 is 0 Å². The van der Waals surface area contributed by atoms with Gasteiger partial charge in [0.1, 0.15) is 5.54 Å². The van der Waals surface area contributed by atoms with Gasteiger partial charge in [-0.1, -0.05) is 0 Å². The van der Waals surface area contributed by atoms with Gasteiger partial charge in [0.25, 0.3) is 0 Å². The topological polar surface area (TPSA) is 52.6 Å². The molecule has 4 nitrogen and oxygen atoms in total. The molecule has 1 saturated heterocycles. The van der Waals surface area contributed by atoms with Crippen LogP contribution < -0.4 is 5.32 Å². The molecule has 0 aromatic rings. The molecule has 1 aliphatic rings. The van der Waals surface area contributed by atoms with Gasteiger partial charge in [0.2, 0.25) is 0 Å². The predicted octanol–water partition coefficient (Wildman–Crippen LogP) is 1.70. The van der Waals surface area contributed by atoms with Crippen molar-refractivity contribution >= 4 is 5.97 Å². The molecule has 0 bridgehead atoms. The van der Waals surface area contributed by atoms with E-state index in [4.69, 9.17) is 0 Å². The Bertz CT molecular complexity index is 291. The normalized spacial score (nSPS) is 25.5. The third-order valence-corrected chi connectivity index (χ3v) is 4.22. The third-order valence-electron chi connectivity index (χ3n) is 4.22. The molecule has 1 aliphatic heterocycles. The number of hydrogen-bond acceptors (Lipinski definition) is 3. The van der Waals surface area contributed by atoms with Gasteiger partial charge < -0.3 is 10.4 Å². The van der Waals surface area contributed by atoms with Crippen molar-refractivity contribution in [1.29, 1.82) is 0 Å². The van der Waals surface area contributed by atoms with E-state index in [1.165, 1.54) is 12.8 Å². The van der Waals surface area contributed by atoms with Crippen LogP contribution in [0.3, 0.4) is 0 Å². The maximum Gasteiger partial charge on any atom is 0.323 e. The van der Waals surface area contributed by atoms with E-state index >= 15 is 0 Å². The Morgan fingerprint density at radius 2 is 2.18 bits per heavy atom. The van der Waals surface area contributed by atoms with Gasteiger partial charge in [-0.2, -0.15) is 0 Å². The zero-order valence-electron chi connectivity index (χ0n) is 11.7. The maximum atomic E-state index is 11.3. The molecule has 0 aliphatic carbocycles. The number of aliphatic carboxylic acids is 1. The molecule has 0 spiro atoms. The first-order chi connectivity index (χ1) is 7.73. The van der Waals surface area contributed by atoms with E-state index in [1.807, 2.05) is 0 Å². The number of nitrogens with one attached hydrogen (secondary N) is 1. The fraction of sp³-hybridized carbons (Fsp3) is 0.923. The van der Waals surface area contributed by atoms with Gasteiger partial charge in [0, 0.05) is 11.6 Å². The van der Waals surface area contributed by atoms with E-state index in [0.717, 1.165) is 6.54 Å². The number of likely N-dealkylation sites (N-methyl/N-ethyl adjacent to an activating group) is 1. The molecule has 1 fully saturated rings. The van der Waals surface area contributed by atoms with Crippen LogP contribution in [0.2, 0.25) is 0 Å². The standard InChI is InChI=1S/C13H26N2O2/c1-10(9-13(4,14-5)11(16)17)15-8-6-7-12(15,2)3/h10,14H,6-9H2,1-5H3,(H,16,17). The quantitative estimate of drug-likeness (QED) is 0.770. The zero-order valence-corrected chi connectivity index (χ0v) is 11.7. The maximum absolute atomic E-state index is 11.3. The summed E-state index contributed by atoms with van der Waals surface area (Å²) in [6, 6.07) is 0.279. The van der Waals surface area contributed by atoms with Gasteiger partial charge in [0.05, 0.1) is 0 Å². The van der Waals surface area contributed by atoms with Crippen molar-refractivity contribution in [2.45, 2.75) is 64.1 Å². The number of likely N-dealkylation sites (tertiary alicyclic amines) is 1. The van der Waals surface area contributed by atoms with Gasteiger partial charge >= 0.3 is 5.97 Å². The van der Waals surface area contributed by atoms with Crippen molar-refractivity contribution in [3.63, 3.8) is 0 Å². The molecule has 2 N–H and O–H groups in total. The van der Waals surface area contributed by atoms with Gasteiger partial charge in [-0.15, -0.1) is 0 Å². The van der Waals surface area contributed by atoms with Gasteiger partial charge in [-0.25, -0.2) is 0 Å². The number of nitrogens with zero attached hydrogens (tertiary/aromatic N) is 1. The first-order valence-electron chi connectivity index (χ1n) is 6.42. The Morgan fingerprint density at radius 1 is 1.59 bits per heavy atom. The van der Waals surface area contributed by atoms with Crippen molar-refractivity contribution in [2.24, 2.45) is 0 Å². The highest BCUT2D eigenvalue weighted by Gasteiger charge is 2.40. The number of carboxylic acids is 1. The largest absolute Gasteiger partial charge is 0.480 e. The monoisotopic (exact) mass is 242 g/mol. The summed E-state index contributed by atoms with van der Waals surface area (Å²) in [7, 11) is 1.72. The highest BCUT2D eigenvalue weighted by molar-refractivity contribution is 5.78. The molecule has 1 rings (SSSR count). The first-order valence-corrected chi connectivity index (χ1v) is 6.42. The van der Waals surface area contributed by atoms with E-state index in [9.17, 15) is 9.90 Å². The van der Waals surface area contributed by atoms with Crippen molar-refractivity contribution in [2.75, 3.05) is 13.6 Å². The molecule has 2 unspecified atom stereocenters. The molecular weight excluding hydrogens is 216 g/mol. The summed E-state index contributed by atoms with van der Waals surface area (Å²) in [5.74, 6) is -0.774. The van der Waals surface area contributed by atoms with Crippen molar-refractivity contribution in [3.8, 4) is 0 Å². The Hall–Kier alpha value is -0.610. The first kappa shape index (κ1) is 14.5.